The summed E-state index contributed by atoms with van der Waals surface area (Å²) < 4.78 is 4.60. The second-order valence-electron chi connectivity index (χ2n) is 32.8. The summed E-state index contributed by atoms with van der Waals surface area (Å²) in [5.74, 6) is 1.51. The van der Waals surface area contributed by atoms with Gasteiger partial charge in [-0.25, -0.2) is 9.59 Å². The van der Waals surface area contributed by atoms with E-state index in [1.807, 2.05) is 93.5 Å². The number of aryl methyl sites for hydroxylation is 1. The maximum absolute atomic E-state index is 11.1. The first kappa shape index (κ1) is 109. The van der Waals surface area contributed by atoms with Gasteiger partial charge in [0.1, 0.15) is 0 Å². The molecule has 1 N–H and O–H groups in total. The minimum atomic E-state index is -0.870. The van der Waals surface area contributed by atoms with E-state index in [2.05, 4.69) is 378 Å². The number of non-ortho nitro benzene ring substituents is 1. The highest BCUT2D eigenvalue weighted by Gasteiger charge is 2.21. The number of nitro groups is 1. The number of ether oxygens (including phenoxy) is 1. The number of carbonyl (C=O) groups excluding carboxylic acids is 1. The fourth-order valence-corrected chi connectivity index (χ4v) is 15.9. The van der Waals surface area contributed by atoms with Crippen molar-refractivity contribution in [3.05, 3.63) is 474 Å². The normalized spacial score (nSPS) is 10.7. The van der Waals surface area contributed by atoms with Gasteiger partial charge in [0, 0.05) is 17.0 Å². The number of thioether (sulfide) groups is 1. The van der Waals surface area contributed by atoms with Crippen LogP contribution in [-0.4, -0.2) is 35.3 Å². The Morgan fingerprint density at radius 2 is 0.451 bits per heavy atom. The number of esters is 1. The van der Waals surface area contributed by atoms with E-state index in [4.69, 9.17) is 5.11 Å². The molecular weight excluding hydrogens is 1640 g/mol. The van der Waals surface area contributed by atoms with Gasteiger partial charge in [0.15, 0.2) is 0 Å². The van der Waals surface area contributed by atoms with Crippen molar-refractivity contribution >= 4 is 29.4 Å². The molecule has 0 aromatic heterocycles. The first-order valence-electron chi connectivity index (χ1n) is 47.8. The quantitative estimate of drug-likeness (QED) is 0.0664. The average Bonchev–Trinajstić information content (AvgIpc) is 1.67. The Balaban J connectivity index is 0.000000225. The molecule has 20 rings (SSSR count). The molecule has 7 nitrogen and oxygen atoms in total. The molecule has 0 spiro atoms. The Hall–Kier alpha value is -13.0. The first-order chi connectivity index (χ1) is 64.5. The minimum Gasteiger partial charge on any atom is -0.478 e. The average molecular weight is 1790 g/mol. The van der Waals surface area contributed by atoms with E-state index in [-0.39, 0.29) is 16.6 Å². The highest BCUT2D eigenvalue weighted by atomic mass is 32.2. The molecule has 0 aliphatic heterocycles. The predicted octanol–water partition coefficient (Wildman–Crippen LogP) is 35.9. The Morgan fingerprint density at radius 3 is 0.624 bits per heavy atom. The number of carboxylic acids is 1. The molecule has 0 unspecified atom stereocenters. The maximum Gasteiger partial charge on any atom is 0.337 e. The van der Waals surface area contributed by atoms with Crippen molar-refractivity contribution in [1.82, 2.24) is 0 Å². The zero-order chi connectivity index (χ0) is 97.3. The summed E-state index contributed by atoms with van der Waals surface area (Å²) in [6.07, 6.45) is 7.62. The molecule has 8 heteroatoms. The molecule has 0 heterocycles. The zero-order valence-corrected chi connectivity index (χ0v) is 84.2. The number of hydrogen-bond donors (Lipinski definition) is 1. The largest absolute Gasteiger partial charge is 0.478 e. The maximum atomic E-state index is 11.1. The van der Waals surface area contributed by atoms with E-state index in [1.165, 1.54) is 163 Å². The molecule has 15 aromatic carbocycles. The highest BCUT2D eigenvalue weighted by Crippen LogP contribution is 2.41. The van der Waals surface area contributed by atoms with Crippen molar-refractivity contribution in [2.45, 2.75) is 212 Å². The fraction of sp³-hybridized carbons (Fsp3) is 0.264. The van der Waals surface area contributed by atoms with Crippen LogP contribution in [0.3, 0.4) is 0 Å². The zero-order valence-electron chi connectivity index (χ0n) is 83.4. The second kappa shape index (κ2) is 58.7. The van der Waals surface area contributed by atoms with E-state index in [1.54, 1.807) is 48.2 Å². The van der Waals surface area contributed by atoms with E-state index in [9.17, 15) is 19.7 Å². The number of carboxylic acid groups (broad SMARTS) is 1. The van der Waals surface area contributed by atoms with Crippen molar-refractivity contribution in [2.24, 2.45) is 0 Å². The third-order valence-electron chi connectivity index (χ3n) is 22.6. The summed E-state index contributed by atoms with van der Waals surface area (Å²) in [7, 11) is 1.39. The Labute approximate surface area is 803 Å². The molecule has 133 heavy (non-hydrogen) atoms. The Kier molecular flexibility index (Phi) is 48.0. The van der Waals surface area contributed by atoms with Crippen LogP contribution >= 0.6 is 11.8 Å². The van der Waals surface area contributed by atoms with Crippen molar-refractivity contribution in [1.29, 1.82) is 0 Å². The van der Waals surface area contributed by atoms with Crippen molar-refractivity contribution in [3.63, 3.8) is 0 Å². The van der Waals surface area contributed by atoms with Gasteiger partial charge in [-0.15, -0.1) is 11.8 Å². The van der Waals surface area contributed by atoms with Crippen LogP contribution in [0.2, 0.25) is 0 Å². The van der Waals surface area contributed by atoms with E-state index >= 15 is 0 Å². The molecule has 0 radical (unpaired) electrons. The Morgan fingerprint density at radius 1 is 0.278 bits per heavy atom. The van der Waals surface area contributed by atoms with Gasteiger partial charge < -0.3 is 9.84 Å². The molecule has 5 aliphatic rings. The van der Waals surface area contributed by atoms with Crippen LogP contribution in [0.4, 0.5) is 5.69 Å². The molecule has 0 bridgehead atoms. The number of benzene rings is 15. The number of hydrogen-bond acceptors (Lipinski definition) is 6. The van der Waals surface area contributed by atoms with Gasteiger partial charge in [0.25, 0.3) is 5.69 Å². The molecule has 692 valence electrons. The van der Waals surface area contributed by atoms with Crippen LogP contribution in [0.25, 0.3) is 55.6 Å². The highest BCUT2D eigenvalue weighted by molar-refractivity contribution is 7.98. The third-order valence-corrected chi connectivity index (χ3v) is 23.4. The van der Waals surface area contributed by atoms with Crippen molar-refractivity contribution in [2.75, 3.05) is 13.4 Å². The SMILES string of the molecule is CC.CC.CC.CC.CC.CC(C)c1ccc(C(=O)O)cc1.CC(C)c1ccc([N+](=O)[O-])cc1.COC(=O)c1ccc(C(C)C)cc1.CSc1ccc(C(C)C)cc1.Cc1ccc(C(C)C)cc1.c1ccc2c(c1)Cc1ccccc1-2.c1ccc2c(c1)Cc1ccccc1-2.c1ccc2c(c1)Cc1ccccc1-2.c1ccc2c(c1)Cc1ccccc1-2.c1ccc2c(c1)Cc1ccccc1-2. The second-order valence-corrected chi connectivity index (χ2v) is 33.7. The number of carbonyl (C=O) groups is 2. The summed E-state index contributed by atoms with van der Waals surface area (Å²) in [5, 5.41) is 18.9. The lowest BCUT2D eigenvalue weighted by atomic mass is 10.0. The number of methoxy groups -OCH3 is 1. The molecular formula is C125H145NO6S. The van der Waals surface area contributed by atoms with Gasteiger partial charge in [0.05, 0.1) is 23.2 Å². The summed E-state index contributed by atoms with van der Waals surface area (Å²) >= 11 is 1.79. The van der Waals surface area contributed by atoms with Gasteiger partial charge >= 0.3 is 11.9 Å². The number of nitro benzene ring substituents is 1. The van der Waals surface area contributed by atoms with Crippen LogP contribution in [0.15, 0.2) is 369 Å². The van der Waals surface area contributed by atoms with Gasteiger partial charge in [-0.1, -0.05) is 459 Å². The van der Waals surface area contributed by atoms with Gasteiger partial charge in [-0.2, -0.15) is 0 Å². The summed E-state index contributed by atoms with van der Waals surface area (Å²) in [5.41, 5.74) is 37.6. The number of nitrogens with zero attached hydrogens (tertiary/aromatic N) is 1. The molecule has 0 fully saturated rings. The fourth-order valence-electron chi connectivity index (χ4n) is 15.5. The summed E-state index contributed by atoms with van der Waals surface area (Å²) in [4.78, 5) is 32.8. The molecule has 15 aromatic rings. The van der Waals surface area contributed by atoms with Crippen LogP contribution in [0.1, 0.15) is 278 Å². The standard InChI is InChI=1S/5C13H10.C11H14O2.C10H12O2.C10H14S.C10H14.C9H11NO2.5C2H6/c5*1-3-7-12-10(5-1)9-11-6-2-4-8-13(11)12;1-8(2)9-4-6-10(7-5-9)11(12)13-3;1-7(2)8-3-5-9(6-4-8)10(11)12;1-8(2)9-4-6-10(11-3)7-5-9;1-8(2)10-6-4-9(3)5-7-10;1-7(2)8-3-5-9(6-4-8)10(11)12;5*1-2/h5*1-8H,9H2;4-8H,1-3H3;3-7H,1-2H3,(H,11,12);4-8H,1-3H3;4-8H,1-3H3;3-7H,1-2H3;5*1-2H3. The Bertz CT molecular complexity index is 5140. The lowest BCUT2D eigenvalue weighted by Crippen LogP contribution is -2.01. The van der Waals surface area contributed by atoms with E-state index in [0.29, 0.717) is 40.7 Å². The smallest absolute Gasteiger partial charge is 0.337 e. The van der Waals surface area contributed by atoms with Crippen molar-refractivity contribution in [3.8, 4) is 55.6 Å². The lowest BCUT2D eigenvalue weighted by Gasteiger charge is -2.05. The van der Waals surface area contributed by atoms with Crippen molar-refractivity contribution < 1.29 is 24.4 Å². The van der Waals surface area contributed by atoms with Gasteiger partial charge in [0.2, 0.25) is 0 Å². The van der Waals surface area contributed by atoms with Crippen LogP contribution < -0.4 is 0 Å². The topological polar surface area (TPSA) is 107 Å². The summed E-state index contributed by atoms with van der Waals surface area (Å²) in [6, 6.07) is 125. The molecule has 0 saturated carbocycles. The predicted molar refractivity (Wildman–Crippen MR) is 574 cm³/mol. The monoisotopic (exact) mass is 1790 g/mol. The molecule has 5 aliphatic carbocycles. The first-order valence-corrected chi connectivity index (χ1v) is 49.1. The van der Waals surface area contributed by atoms with Gasteiger partial charge in [-0.3, -0.25) is 10.1 Å². The summed E-state index contributed by atoms with van der Waals surface area (Å²) in [6.45, 7) is 43.5. The van der Waals surface area contributed by atoms with Crippen LogP contribution in [0, 0.1) is 17.0 Å². The lowest BCUT2D eigenvalue weighted by molar-refractivity contribution is -0.384. The van der Waals surface area contributed by atoms with Crippen LogP contribution in [-0.2, 0) is 36.8 Å². The molecule has 0 atom stereocenters. The number of rotatable bonds is 9. The minimum absolute atomic E-state index is 0.152. The van der Waals surface area contributed by atoms with Gasteiger partial charge in [-0.05, 0) is 250 Å². The molecule has 0 amide bonds. The number of fused-ring (bicyclic) bond motifs is 15. The van der Waals surface area contributed by atoms with Crippen LogP contribution in [0.5, 0.6) is 0 Å². The third kappa shape index (κ3) is 32.8. The number of aromatic carboxylic acids is 1. The van der Waals surface area contributed by atoms with E-state index < -0.39 is 5.97 Å². The molecule has 0 saturated heterocycles. The van der Waals surface area contributed by atoms with E-state index in [0.717, 1.165) is 37.7 Å².